The number of amides is 3. The number of carbonyl (C=O) groups excluding carboxylic acids is 2. The molecule has 2 bridgehead atoms. The van der Waals surface area contributed by atoms with Crippen molar-refractivity contribution >= 4 is 30.0 Å². The molecule has 3 rings (SSSR count). The maximum absolute atomic E-state index is 12.9. The number of anilines is 1. The SMILES string of the molecule is CC(C)NC(=O)Nc1cccc(C(=O)N(C)C2CC3CCC(C2)N3)c1.Cl. The van der Waals surface area contributed by atoms with Gasteiger partial charge in [-0.3, -0.25) is 4.79 Å². The highest BCUT2D eigenvalue weighted by atomic mass is 35.5. The highest BCUT2D eigenvalue weighted by molar-refractivity contribution is 5.97. The van der Waals surface area contributed by atoms with Crippen LogP contribution in [0, 0.1) is 0 Å². The van der Waals surface area contributed by atoms with E-state index in [0.717, 1.165) is 12.8 Å². The molecule has 2 aliphatic heterocycles. The average Bonchev–Trinajstić information content (AvgIpc) is 2.91. The molecule has 6 nitrogen and oxygen atoms in total. The van der Waals surface area contributed by atoms with E-state index in [1.54, 1.807) is 24.3 Å². The third-order valence-corrected chi connectivity index (χ3v) is 5.10. The molecule has 7 heteroatoms. The van der Waals surface area contributed by atoms with Crippen LogP contribution in [0.2, 0.25) is 0 Å². The molecule has 3 N–H and O–H groups in total. The average molecular weight is 381 g/mol. The molecular formula is C19H29ClN4O2. The quantitative estimate of drug-likeness (QED) is 0.751. The number of nitrogens with zero attached hydrogens (tertiary/aromatic N) is 1. The lowest BCUT2D eigenvalue weighted by molar-refractivity contribution is 0.0681. The summed E-state index contributed by atoms with van der Waals surface area (Å²) in [6, 6.07) is 8.33. The fourth-order valence-corrected chi connectivity index (χ4v) is 3.87. The van der Waals surface area contributed by atoms with Gasteiger partial charge in [-0.2, -0.15) is 0 Å². The van der Waals surface area contributed by atoms with Gasteiger partial charge in [-0.25, -0.2) is 4.79 Å². The van der Waals surface area contributed by atoms with Crippen molar-refractivity contribution < 1.29 is 9.59 Å². The van der Waals surface area contributed by atoms with E-state index in [1.165, 1.54) is 12.8 Å². The van der Waals surface area contributed by atoms with E-state index in [4.69, 9.17) is 0 Å². The van der Waals surface area contributed by atoms with Crippen LogP contribution in [0.15, 0.2) is 24.3 Å². The predicted octanol–water partition coefficient (Wildman–Crippen LogP) is 2.99. The normalized spacial score (nSPS) is 23.9. The summed E-state index contributed by atoms with van der Waals surface area (Å²) in [6.07, 6.45) is 4.47. The van der Waals surface area contributed by atoms with Gasteiger partial charge in [0.25, 0.3) is 5.91 Å². The zero-order valence-electron chi connectivity index (χ0n) is 15.6. The molecule has 0 aliphatic carbocycles. The molecule has 2 unspecified atom stereocenters. The molecule has 2 aliphatic rings. The Morgan fingerprint density at radius 3 is 2.46 bits per heavy atom. The molecule has 26 heavy (non-hydrogen) atoms. The van der Waals surface area contributed by atoms with Crippen LogP contribution in [0.3, 0.4) is 0 Å². The maximum Gasteiger partial charge on any atom is 0.319 e. The molecule has 0 spiro atoms. The minimum absolute atomic E-state index is 0. The van der Waals surface area contributed by atoms with Gasteiger partial charge in [0.15, 0.2) is 0 Å². The number of carbonyl (C=O) groups is 2. The van der Waals surface area contributed by atoms with Gasteiger partial charge < -0.3 is 20.9 Å². The molecule has 2 saturated heterocycles. The van der Waals surface area contributed by atoms with E-state index >= 15 is 0 Å². The van der Waals surface area contributed by atoms with Gasteiger partial charge in [0.05, 0.1) is 0 Å². The van der Waals surface area contributed by atoms with Gasteiger partial charge in [-0.1, -0.05) is 6.07 Å². The number of hydrogen-bond donors (Lipinski definition) is 3. The van der Waals surface area contributed by atoms with Crippen molar-refractivity contribution in [2.75, 3.05) is 12.4 Å². The van der Waals surface area contributed by atoms with Gasteiger partial charge in [0, 0.05) is 42.5 Å². The van der Waals surface area contributed by atoms with Crippen LogP contribution < -0.4 is 16.0 Å². The molecule has 2 heterocycles. The summed E-state index contributed by atoms with van der Waals surface area (Å²) in [5, 5.41) is 9.17. The lowest BCUT2D eigenvalue weighted by atomic mass is 9.98. The van der Waals surface area contributed by atoms with Gasteiger partial charge in [-0.15, -0.1) is 12.4 Å². The van der Waals surface area contributed by atoms with Crippen molar-refractivity contribution in [3.8, 4) is 0 Å². The van der Waals surface area contributed by atoms with Gasteiger partial charge >= 0.3 is 6.03 Å². The van der Waals surface area contributed by atoms with Crippen LogP contribution in [-0.2, 0) is 0 Å². The Morgan fingerprint density at radius 2 is 1.85 bits per heavy atom. The summed E-state index contributed by atoms with van der Waals surface area (Å²) in [5.41, 5.74) is 1.23. The van der Waals surface area contributed by atoms with Gasteiger partial charge in [-0.05, 0) is 57.7 Å². The number of halogens is 1. The molecular weight excluding hydrogens is 352 g/mol. The second kappa shape index (κ2) is 8.73. The summed E-state index contributed by atoms with van der Waals surface area (Å²) in [7, 11) is 1.89. The van der Waals surface area contributed by atoms with Crippen molar-refractivity contribution in [1.29, 1.82) is 0 Å². The standard InChI is InChI=1S/C19H28N4O2.ClH/c1-12(2)20-19(25)22-14-6-4-5-13(9-14)18(24)23(3)17-10-15-7-8-16(11-17)21-15;/h4-6,9,12,15-17,21H,7-8,10-11H2,1-3H3,(H2,20,22,25);1H. The lowest BCUT2D eigenvalue weighted by Gasteiger charge is -2.35. The van der Waals surface area contributed by atoms with E-state index in [9.17, 15) is 9.59 Å². The van der Waals surface area contributed by atoms with Gasteiger partial charge in [0.1, 0.15) is 0 Å². The number of urea groups is 1. The fraction of sp³-hybridized carbons (Fsp3) is 0.579. The first-order chi connectivity index (χ1) is 11.9. The summed E-state index contributed by atoms with van der Waals surface area (Å²) >= 11 is 0. The molecule has 1 aromatic rings. The van der Waals surface area contributed by atoms with Crippen LogP contribution in [0.1, 0.15) is 49.9 Å². The van der Waals surface area contributed by atoms with E-state index in [1.807, 2.05) is 25.8 Å². The minimum atomic E-state index is -0.261. The second-order valence-electron chi connectivity index (χ2n) is 7.51. The van der Waals surface area contributed by atoms with Gasteiger partial charge in [0.2, 0.25) is 0 Å². The van der Waals surface area contributed by atoms with E-state index in [0.29, 0.717) is 23.3 Å². The number of rotatable bonds is 4. The van der Waals surface area contributed by atoms with Crippen LogP contribution in [-0.4, -0.2) is 48.1 Å². The first-order valence-electron chi connectivity index (χ1n) is 9.13. The van der Waals surface area contributed by atoms with Crippen molar-refractivity contribution in [2.45, 2.75) is 63.7 Å². The Hall–Kier alpha value is -1.79. The smallest absolute Gasteiger partial charge is 0.319 e. The molecule has 0 radical (unpaired) electrons. The highest BCUT2D eigenvalue weighted by Gasteiger charge is 2.36. The Bertz CT molecular complexity index is 640. The molecule has 144 valence electrons. The highest BCUT2D eigenvalue weighted by Crippen LogP contribution is 2.30. The van der Waals surface area contributed by atoms with E-state index in [-0.39, 0.29) is 36.4 Å². The summed E-state index contributed by atoms with van der Waals surface area (Å²) in [6.45, 7) is 3.81. The Labute approximate surface area is 161 Å². The van der Waals surface area contributed by atoms with Crippen LogP contribution in [0.25, 0.3) is 0 Å². The van der Waals surface area contributed by atoms with Crippen LogP contribution >= 0.6 is 12.4 Å². The molecule has 2 fully saturated rings. The molecule has 2 atom stereocenters. The lowest BCUT2D eigenvalue weighted by Crippen LogP contribution is -2.48. The molecule has 0 aromatic heterocycles. The van der Waals surface area contributed by atoms with Crippen molar-refractivity contribution in [3.63, 3.8) is 0 Å². The third kappa shape index (κ3) is 4.89. The number of hydrogen-bond acceptors (Lipinski definition) is 3. The monoisotopic (exact) mass is 380 g/mol. The molecule has 1 aromatic carbocycles. The summed E-state index contributed by atoms with van der Waals surface area (Å²) < 4.78 is 0. The number of fused-ring (bicyclic) bond motifs is 2. The summed E-state index contributed by atoms with van der Waals surface area (Å²) in [5.74, 6) is 0.0132. The molecule has 0 saturated carbocycles. The number of piperidine rings is 1. The van der Waals surface area contributed by atoms with E-state index in [2.05, 4.69) is 16.0 Å². The zero-order valence-corrected chi connectivity index (χ0v) is 16.4. The zero-order chi connectivity index (χ0) is 18.0. The van der Waals surface area contributed by atoms with Crippen LogP contribution in [0.5, 0.6) is 0 Å². The van der Waals surface area contributed by atoms with Crippen molar-refractivity contribution in [1.82, 2.24) is 15.5 Å². The Balaban J connectivity index is 0.00000243. The Kier molecular flexibility index (Phi) is 6.89. The predicted molar refractivity (Wildman–Crippen MR) is 106 cm³/mol. The summed E-state index contributed by atoms with van der Waals surface area (Å²) in [4.78, 5) is 26.6. The first-order valence-corrected chi connectivity index (χ1v) is 9.13. The first kappa shape index (κ1) is 20.5. The molecule has 3 amide bonds. The van der Waals surface area contributed by atoms with Crippen molar-refractivity contribution in [2.24, 2.45) is 0 Å². The van der Waals surface area contributed by atoms with Crippen LogP contribution in [0.4, 0.5) is 10.5 Å². The number of nitrogens with one attached hydrogen (secondary N) is 3. The Morgan fingerprint density at radius 1 is 1.19 bits per heavy atom. The topological polar surface area (TPSA) is 73.5 Å². The largest absolute Gasteiger partial charge is 0.339 e. The third-order valence-electron chi connectivity index (χ3n) is 5.10. The minimum Gasteiger partial charge on any atom is -0.339 e. The second-order valence-corrected chi connectivity index (χ2v) is 7.51. The fourth-order valence-electron chi connectivity index (χ4n) is 3.87. The van der Waals surface area contributed by atoms with Crippen molar-refractivity contribution in [3.05, 3.63) is 29.8 Å². The number of benzene rings is 1. The maximum atomic E-state index is 12.9. The van der Waals surface area contributed by atoms with E-state index < -0.39 is 0 Å².